The molecule has 0 fully saturated rings. The van der Waals surface area contributed by atoms with Crippen molar-refractivity contribution in [2.45, 2.75) is 0 Å². The highest BCUT2D eigenvalue weighted by Crippen LogP contribution is 2.15. The maximum absolute atomic E-state index is 12.6. The van der Waals surface area contributed by atoms with E-state index in [9.17, 15) is 14.7 Å². The first-order valence-electron chi connectivity index (χ1n) is 7.11. The van der Waals surface area contributed by atoms with Gasteiger partial charge in [-0.3, -0.25) is 9.89 Å². The first-order chi connectivity index (χ1) is 11.5. The molecule has 3 rings (SSSR count). The van der Waals surface area contributed by atoms with Crippen molar-refractivity contribution < 1.29 is 15.0 Å². The average molecular weight is 322 g/mol. The minimum Gasteiger partial charge on any atom is -0.507 e. The van der Waals surface area contributed by atoms with Crippen molar-refractivity contribution in [3.8, 4) is 11.4 Å². The zero-order valence-electron chi connectivity index (χ0n) is 12.6. The van der Waals surface area contributed by atoms with E-state index in [1.54, 1.807) is 24.3 Å². The zero-order valence-corrected chi connectivity index (χ0v) is 12.6. The molecule has 120 valence electrons. The number of benzene rings is 2. The number of carboxylic acids is 1. The summed E-state index contributed by atoms with van der Waals surface area (Å²) in [5.74, 6) is -0.971. The summed E-state index contributed by atoms with van der Waals surface area (Å²) in [7, 11) is 0. The molecule has 0 bridgehead atoms. The van der Waals surface area contributed by atoms with Crippen molar-refractivity contribution in [3.63, 3.8) is 0 Å². The third-order valence-corrected chi connectivity index (χ3v) is 3.61. The van der Waals surface area contributed by atoms with Gasteiger partial charge in [0.05, 0.1) is 21.8 Å². The minimum absolute atomic E-state index is 0.0647. The van der Waals surface area contributed by atoms with E-state index in [1.165, 1.54) is 35.0 Å². The SMILES string of the molecule is C=c1[nH]n(-c2ccc(C(=O)O)cc2)c(=O)c1=Cc1ccccc1O. The summed E-state index contributed by atoms with van der Waals surface area (Å²) in [5.41, 5.74) is 0.791. The molecule has 0 amide bonds. The van der Waals surface area contributed by atoms with Crippen molar-refractivity contribution in [1.29, 1.82) is 0 Å². The molecule has 3 aromatic rings. The van der Waals surface area contributed by atoms with Crippen LogP contribution < -0.4 is 16.1 Å². The highest BCUT2D eigenvalue weighted by molar-refractivity contribution is 5.87. The van der Waals surface area contributed by atoms with Crippen LogP contribution in [0, 0.1) is 0 Å². The normalized spacial score (nSPS) is 11.6. The van der Waals surface area contributed by atoms with Gasteiger partial charge in [0, 0.05) is 5.56 Å². The van der Waals surface area contributed by atoms with Gasteiger partial charge in [0.15, 0.2) is 0 Å². The summed E-state index contributed by atoms with van der Waals surface area (Å²) in [6.45, 7) is 3.82. The topological polar surface area (TPSA) is 95.3 Å². The minimum atomic E-state index is -1.04. The lowest BCUT2D eigenvalue weighted by Crippen LogP contribution is -2.33. The molecule has 1 aromatic heterocycles. The van der Waals surface area contributed by atoms with Crippen molar-refractivity contribution in [2.24, 2.45) is 0 Å². The van der Waals surface area contributed by atoms with Crippen molar-refractivity contribution in [3.05, 3.63) is 80.6 Å². The van der Waals surface area contributed by atoms with Crippen LogP contribution in [0.4, 0.5) is 0 Å². The standard InChI is InChI=1S/C18H14N2O4/c1-11-15(10-13-4-2-3-5-16(13)21)17(22)20(19-11)14-8-6-12(7-9-14)18(23)24/h2-10,19,21H,1H2,(H,23,24). The molecule has 3 N–H and O–H groups in total. The van der Waals surface area contributed by atoms with Gasteiger partial charge in [0.25, 0.3) is 5.56 Å². The van der Waals surface area contributed by atoms with Crippen LogP contribution in [-0.2, 0) is 0 Å². The van der Waals surface area contributed by atoms with E-state index >= 15 is 0 Å². The summed E-state index contributed by atoms with van der Waals surface area (Å²) >= 11 is 0. The number of aromatic nitrogens is 2. The van der Waals surface area contributed by atoms with Crippen LogP contribution in [0.3, 0.4) is 0 Å². The van der Waals surface area contributed by atoms with Gasteiger partial charge in [-0.2, -0.15) is 0 Å². The number of rotatable bonds is 3. The van der Waals surface area contributed by atoms with E-state index in [0.717, 1.165) is 0 Å². The van der Waals surface area contributed by atoms with Gasteiger partial charge in [-0.1, -0.05) is 24.8 Å². The Morgan fingerprint density at radius 3 is 2.42 bits per heavy atom. The maximum Gasteiger partial charge on any atom is 0.335 e. The number of hydrogen-bond donors (Lipinski definition) is 3. The number of aromatic hydroxyl groups is 1. The Balaban J connectivity index is 2.14. The lowest BCUT2D eigenvalue weighted by Gasteiger charge is -2.01. The molecule has 2 aromatic carbocycles. The van der Waals surface area contributed by atoms with E-state index in [-0.39, 0.29) is 16.9 Å². The van der Waals surface area contributed by atoms with Gasteiger partial charge in [0.2, 0.25) is 0 Å². The van der Waals surface area contributed by atoms with Crippen LogP contribution in [0.5, 0.6) is 5.75 Å². The Kier molecular flexibility index (Phi) is 3.79. The van der Waals surface area contributed by atoms with Gasteiger partial charge < -0.3 is 10.2 Å². The number of nitrogens with zero attached hydrogens (tertiary/aromatic N) is 1. The molecular weight excluding hydrogens is 308 g/mol. The number of phenolic OH excluding ortho intramolecular Hbond substituents is 1. The zero-order chi connectivity index (χ0) is 17.3. The Morgan fingerprint density at radius 1 is 1.12 bits per heavy atom. The maximum atomic E-state index is 12.6. The molecule has 6 nitrogen and oxygen atoms in total. The van der Waals surface area contributed by atoms with E-state index in [0.29, 0.717) is 21.8 Å². The Morgan fingerprint density at radius 2 is 1.79 bits per heavy atom. The van der Waals surface area contributed by atoms with E-state index in [2.05, 4.69) is 11.7 Å². The lowest BCUT2D eigenvalue weighted by atomic mass is 10.1. The largest absolute Gasteiger partial charge is 0.507 e. The Bertz CT molecular complexity index is 1080. The summed E-state index contributed by atoms with van der Waals surface area (Å²) in [5, 5.41) is 22.3. The molecule has 0 atom stereocenters. The van der Waals surface area contributed by atoms with E-state index in [4.69, 9.17) is 5.11 Å². The molecule has 0 saturated heterocycles. The second kappa shape index (κ2) is 5.92. The number of nitrogens with one attached hydrogen (secondary N) is 1. The third-order valence-electron chi connectivity index (χ3n) is 3.61. The van der Waals surface area contributed by atoms with Gasteiger partial charge in [-0.05, 0) is 36.4 Å². The lowest BCUT2D eigenvalue weighted by molar-refractivity contribution is 0.0697. The molecule has 0 radical (unpaired) electrons. The predicted molar refractivity (Wildman–Crippen MR) is 89.8 cm³/mol. The van der Waals surface area contributed by atoms with Gasteiger partial charge in [0.1, 0.15) is 5.75 Å². The molecule has 24 heavy (non-hydrogen) atoms. The number of aromatic carboxylic acids is 1. The molecule has 6 heteroatoms. The highest BCUT2D eigenvalue weighted by Gasteiger charge is 2.07. The fourth-order valence-electron chi connectivity index (χ4n) is 2.34. The summed E-state index contributed by atoms with van der Waals surface area (Å²) in [6.07, 6.45) is 1.55. The number of H-pyrrole nitrogens is 1. The molecule has 0 aliphatic carbocycles. The summed E-state index contributed by atoms with van der Waals surface area (Å²) in [4.78, 5) is 23.5. The van der Waals surface area contributed by atoms with Gasteiger partial charge in [-0.25, -0.2) is 9.48 Å². The summed E-state index contributed by atoms with van der Waals surface area (Å²) in [6, 6.07) is 12.6. The number of carbonyl (C=O) groups is 1. The van der Waals surface area contributed by atoms with E-state index in [1.807, 2.05) is 0 Å². The van der Waals surface area contributed by atoms with Crippen LogP contribution in [0.25, 0.3) is 18.3 Å². The van der Waals surface area contributed by atoms with Crippen LogP contribution in [0.1, 0.15) is 15.9 Å². The number of phenols is 1. The Hall–Kier alpha value is -3.54. The average Bonchev–Trinajstić information content (AvgIpc) is 2.85. The Labute approximate surface area is 136 Å². The highest BCUT2D eigenvalue weighted by atomic mass is 16.4. The molecule has 0 aliphatic heterocycles. The molecule has 0 saturated carbocycles. The van der Waals surface area contributed by atoms with Gasteiger partial charge >= 0.3 is 5.97 Å². The number of aromatic amines is 1. The first kappa shape index (κ1) is 15.4. The molecule has 0 unspecified atom stereocenters. The van der Waals surface area contributed by atoms with Crippen LogP contribution >= 0.6 is 0 Å². The number of hydrogen-bond acceptors (Lipinski definition) is 3. The predicted octanol–water partition coefficient (Wildman–Crippen LogP) is 0.808. The monoisotopic (exact) mass is 322 g/mol. The van der Waals surface area contributed by atoms with Crippen LogP contribution in [0.2, 0.25) is 0 Å². The smallest absolute Gasteiger partial charge is 0.335 e. The van der Waals surface area contributed by atoms with Crippen LogP contribution in [0.15, 0.2) is 53.3 Å². The molecule has 1 heterocycles. The molecule has 0 aliphatic rings. The van der Waals surface area contributed by atoms with Gasteiger partial charge in [-0.15, -0.1) is 0 Å². The number of carboxylic acid groups (broad SMARTS) is 1. The summed E-state index contributed by atoms with van der Waals surface area (Å²) < 4.78 is 1.28. The van der Waals surface area contributed by atoms with Crippen LogP contribution in [-0.4, -0.2) is 26.0 Å². The third kappa shape index (κ3) is 2.72. The first-order valence-corrected chi connectivity index (χ1v) is 7.11. The number of para-hydroxylation sites is 1. The molecular formula is C18H14N2O4. The van der Waals surface area contributed by atoms with E-state index < -0.39 is 5.97 Å². The van der Waals surface area contributed by atoms with Crippen molar-refractivity contribution >= 4 is 18.6 Å². The quantitative estimate of drug-likeness (QED) is 0.665. The fourth-order valence-corrected chi connectivity index (χ4v) is 2.34. The second-order valence-electron chi connectivity index (χ2n) is 5.20. The second-order valence-corrected chi connectivity index (χ2v) is 5.20. The fraction of sp³-hybridized carbons (Fsp3) is 0. The van der Waals surface area contributed by atoms with Crippen molar-refractivity contribution in [1.82, 2.24) is 9.78 Å². The van der Waals surface area contributed by atoms with Crippen molar-refractivity contribution in [2.75, 3.05) is 0 Å². The molecule has 0 spiro atoms.